The lowest BCUT2D eigenvalue weighted by atomic mass is 10.2. The van der Waals surface area contributed by atoms with Gasteiger partial charge in [-0.05, 0) is 38.0 Å². The molecule has 3 amide bonds. The van der Waals surface area contributed by atoms with Gasteiger partial charge in [-0.25, -0.2) is 9.69 Å². The van der Waals surface area contributed by atoms with E-state index in [1.54, 1.807) is 11.0 Å². The van der Waals surface area contributed by atoms with Crippen molar-refractivity contribution in [3.05, 3.63) is 29.8 Å². The summed E-state index contributed by atoms with van der Waals surface area (Å²) in [5.74, 6) is -0.147. The number of imide groups is 1. The number of aryl methyl sites for hydroxylation is 1. The van der Waals surface area contributed by atoms with Crippen LogP contribution in [-0.2, 0) is 4.79 Å². The number of benzene rings is 1. The minimum absolute atomic E-state index is 0.0938. The van der Waals surface area contributed by atoms with Crippen molar-refractivity contribution in [2.75, 3.05) is 11.4 Å². The first-order chi connectivity index (χ1) is 8.54. The van der Waals surface area contributed by atoms with Gasteiger partial charge in [0.25, 0.3) is 5.91 Å². The van der Waals surface area contributed by atoms with Crippen LogP contribution in [0, 0.1) is 6.92 Å². The third-order valence-corrected chi connectivity index (χ3v) is 3.37. The van der Waals surface area contributed by atoms with E-state index in [-0.39, 0.29) is 24.5 Å². The van der Waals surface area contributed by atoms with E-state index in [9.17, 15) is 9.59 Å². The highest BCUT2D eigenvalue weighted by Gasteiger charge is 2.38. The van der Waals surface area contributed by atoms with Gasteiger partial charge in [0.2, 0.25) is 0 Å². The number of hydrogen-bond donors (Lipinski definition) is 0. The zero-order valence-electron chi connectivity index (χ0n) is 11.0. The summed E-state index contributed by atoms with van der Waals surface area (Å²) >= 11 is 0. The molecule has 0 radical (unpaired) electrons. The molecule has 1 aromatic carbocycles. The molecule has 0 bridgehead atoms. The zero-order chi connectivity index (χ0) is 13.3. The fraction of sp³-hybridized carbons (Fsp3) is 0.429. The second-order valence-electron chi connectivity index (χ2n) is 4.74. The number of urea groups is 1. The molecule has 0 aliphatic carbocycles. The molecule has 1 saturated heterocycles. The maximum Gasteiger partial charge on any atom is 0.332 e. The molecule has 96 valence electrons. The smallest absolute Gasteiger partial charge is 0.312 e. The minimum Gasteiger partial charge on any atom is -0.312 e. The van der Waals surface area contributed by atoms with Crippen molar-refractivity contribution in [3.8, 4) is 0 Å². The fourth-order valence-corrected chi connectivity index (χ4v) is 2.11. The number of carbonyl (C=O) groups is 2. The van der Waals surface area contributed by atoms with Gasteiger partial charge in [0, 0.05) is 6.04 Å². The monoisotopic (exact) mass is 246 g/mol. The molecule has 0 aromatic heterocycles. The minimum atomic E-state index is -0.208. The van der Waals surface area contributed by atoms with Gasteiger partial charge < -0.3 is 4.90 Å². The molecule has 0 N–H and O–H groups in total. The maximum absolute atomic E-state index is 12.3. The largest absolute Gasteiger partial charge is 0.332 e. The van der Waals surface area contributed by atoms with Crippen molar-refractivity contribution >= 4 is 17.6 Å². The second-order valence-corrected chi connectivity index (χ2v) is 4.74. The molecule has 1 aliphatic heterocycles. The highest BCUT2D eigenvalue weighted by atomic mass is 16.2. The van der Waals surface area contributed by atoms with Crippen LogP contribution < -0.4 is 4.90 Å². The van der Waals surface area contributed by atoms with Crippen molar-refractivity contribution in [1.29, 1.82) is 0 Å². The van der Waals surface area contributed by atoms with E-state index >= 15 is 0 Å². The topological polar surface area (TPSA) is 40.6 Å². The lowest BCUT2D eigenvalue weighted by Gasteiger charge is -2.22. The summed E-state index contributed by atoms with van der Waals surface area (Å²) in [6, 6.07) is 7.34. The average Bonchev–Trinajstić information content (AvgIpc) is 2.64. The van der Waals surface area contributed by atoms with Crippen LogP contribution >= 0.6 is 0 Å². The van der Waals surface area contributed by atoms with Crippen LogP contribution in [0.4, 0.5) is 10.5 Å². The summed E-state index contributed by atoms with van der Waals surface area (Å²) in [4.78, 5) is 27.2. The van der Waals surface area contributed by atoms with Gasteiger partial charge >= 0.3 is 6.03 Å². The summed E-state index contributed by atoms with van der Waals surface area (Å²) in [5, 5.41) is 0. The third-order valence-electron chi connectivity index (χ3n) is 3.37. The van der Waals surface area contributed by atoms with Crippen molar-refractivity contribution in [2.45, 2.75) is 33.2 Å². The predicted octanol–water partition coefficient (Wildman–Crippen LogP) is 2.56. The first kappa shape index (κ1) is 12.6. The Morgan fingerprint density at radius 2 is 2.06 bits per heavy atom. The standard InChI is InChI=1S/C14H18N2O2/c1-4-11(3)15-9-13(17)16(14(15)18)12-7-5-6-10(2)8-12/h5-8,11H,4,9H2,1-3H3. The quantitative estimate of drug-likeness (QED) is 0.769. The molecular formula is C14H18N2O2. The molecule has 2 rings (SSSR count). The molecule has 0 saturated carbocycles. The van der Waals surface area contributed by atoms with Crippen LogP contribution in [0.3, 0.4) is 0 Å². The molecule has 4 heteroatoms. The molecule has 4 nitrogen and oxygen atoms in total. The Bertz CT molecular complexity index is 484. The van der Waals surface area contributed by atoms with Gasteiger partial charge in [0.1, 0.15) is 6.54 Å². The van der Waals surface area contributed by atoms with Crippen LogP contribution in [0.1, 0.15) is 25.8 Å². The molecule has 1 heterocycles. The normalized spacial score (nSPS) is 17.5. The Morgan fingerprint density at radius 3 is 2.67 bits per heavy atom. The Balaban J connectivity index is 2.30. The SMILES string of the molecule is CCC(C)N1CC(=O)N(c2cccc(C)c2)C1=O. The average molecular weight is 246 g/mol. The lowest BCUT2D eigenvalue weighted by molar-refractivity contribution is -0.116. The summed E-state index contributed by atoms with van der Waals surface area (Å²) in [5.41, 5.74) is 1.70. The third kappa shape index (κ3) is 2.10. The number of hydrogen-bond acceptors (Lipinski definition) is 2. The zero-order valence-corrected chi connectivity index (χ0v) is 11.0. The molecule has 1 fully saturated rings. The second kappa shape index (κ2) is 4.80. The van der Waals surface area contributed by atoms with Crippen molar-refractivity contribution in [3.63, 3.8) is 0 Å². The lowest BCUT2D eigenvalue weighted by Crippen LogP contribution is -2.37. The van der Waals surface area contributed by atoms with E-state index in [4.69, 9.17) is 0 Å². The number of nitrogens with zero attached hydrogens (tertiary/aromatic N) is 2. The van der Waals surface area contributed by atoms with E-state index in [1.807, 2.05) is 39.0 Å². The summed E-state index contributed by atoms with van der Waals surface area (Å²) in [7, 11) is 0. The summed E-state index contributed by atoms with van der Waals surface area (Å²) < 4.78 is 0. The Labute approximate surface area is 107 Å². The highest BCUT2D eigenvalue weighted by molar-refractivity contribution is 6.19. The molecule has 1 aromatic rings. The van der Waals surface area contributed by atoms with Gasteiger partial charge in [-0.1, -0.05) is 19.1 Å². The highest BCUT2D eigenvalue weighted by Crippen LogP contribution is 2.24. The van der Waals surface area contributed by atoms with E-state index in [2.05, 4.69) is 0 Å². The molecule has 0 spiro atoms. The Kier molecular flexibility index (Phi) is 3.36. The summed E-state index contributed by atoms with van der Waals surface area (Å²) in [6.07, 6.45) is 0.848. The predicted molar refractivity (Wildman–Crippen MR) is 70.5 cm³/mol. The van der Waals surface area contributed by atoms with E-state index in [0.29, 0.717) is 5.69 Å². The maximum atomic E-state index is 12.3. The summed E-state index contributed by atoms with van der Waals surface area (Å²) in [6.45, 7) is 6.10. The number of rotatable bonds is 3. The van der Waals surface area contributed by atoms with Crippen LogP contribution in [0.15, 0.2) is 24.3 Å². The Hall–Kier alpha value is -1.84. The number of carbonyl (C=O) groups excluding carboxylic acids is 2. The Morgan fingerprint density at radius 1 is 1.33 bits per heavy atom. The van der Waals surface area contributed by atoms with Gasteiger partial charge in [0.15, 0.2) is 0 Å². The van der Waals surface area contributed by atoms with Crippen molar-refractivity contribution < 1.29 is 9.59 Å². The van der Waals surface area contributed by atoms with Crippen LogP contribution in [0.25, 0.3) is 0 Å². The first-order valence-electron chi connectivity index (χ1n) is 6.24. The number of amides is 3. The van der Waals surface area contributed by atoms with Crippen molar-refractivity contribution in [2.24, 2.45) is 0 Å². The fourth-order valence-electron chi connectivity index (χ4n) is 2.11. The number of anilines is 1. The van der Waals surface area contributed by atoms with Gasteiger partial charge in [0.05, 0.1) is 5.69 Å². The van der Waals surface area contributed by atoms with Crippen LogP contribution in [-0.4, -0.2) is 29.4 Å². The molecular weight excluding hydrogens is 228 g/mol. The molecule has 1 atom stereocenters. The molecule has 1 unspecified atom stereocenters. The van der Waals surface area contributed by atoms with Gasteiger partial charge in [-0.15, -0.1) is 0 Å². The van der Waals surface area contributed by atoms with E-state index < -0.39 is 0 Å². The van der Waals surface area contributed by atoms with Crippen LogP contribution in [0.2, 0.25) is 0 Å². The first-order valence-corrected chi connectivity index (χ1v) is 6.24. The van der Waals surface area contributed by atoms with Crippen molar-refractivity contribution in [1.82, 2.24) is 4.90 Å². The van der Waals surface area contributed by atoms with E-state index in [1.165, 1.54) is 4.90 Å². The van der Waals surface area contributed by atoms with E-state index in [0.717, 1.165) is 12.0 Å². The van der Waals surface area contributed by atoms with Crippen LogP contribution in [0.5, 0.6) is 0 Å². The van der Waals surface area contributed by atoms with Gasteiger partial charge in [-0.2, -0.15) is 0 Å². The molecule has 18 heavy (non-hydrogen) atoms. The molecule has 1 aliphatic rings. The van der Waals surface area contributed by atoms with Gasteiger partial charge in [-0.3, -0.25) is 4.79 Å².